The van der Waals surface area contributed by atoms with Gasteiger partial charge in [0.1, 0.15) is 0 Å². The summed E-state index contributed by atoms with van der Waals surface area (Å²) in [5.74, 6) is -0.607. The van der Waals surface area contributed by atoms with Crippen molar-refractivity contribution in [2.75, 3.05) is 21.0 Å². The number of carbonyl (C=O) groups is 1. The molecule has 1 aromatic rings. The molecule has 0 bridgehead atoms. The summed E-state index contributed by atoms with van der Waals surface area (Å²) < 4.78 is 14.4. The van der Waals surface area contributed by atoms with E-state index in [1.54, 1.807) is 0 Å². The van der Waals surface area contributed by atoms with E-state index < -0.39 is 10.9 Å². The molecule has 0 saturated heterocycles. The number of carbonyl (C=O) groups excluding carboxylic acids is 1. The molecule has 1 rings (SSSR count). The van der Waals surface area contributed by atoms with E-state index in [0.29, 0.717) is 0 Å². The van der Waals surface area contributed by atoms with Crippen LogP contribution in [0.4, 0.5) is 5.69 Å². The number of esters is 1. The molecular formula is C11H12BrNO6. The highest BCUT2D eigenvalue weighted by molar-refractivity contribution is 9.08. The van der Waals surface area contributed by atoms with Gasteiger partial charge in [-0.25, -0.2) is 4.79 Å². The maximum absolute atomic E-state index is 11.6. The smallest absolute Gasteiger partial charge is 0.338 e. The summed E-state index contributed by atoms with van der Waals surface area (Å²) in [6.45, 7) is -0.125. The van der Waals surface area contributed by atoms with Crippen molar-refractivity contribution < 1.29 is 23.9 Å². The van der Waals surface area contributed by atoms with Crippen LogP contribution in [-0.4, -0.2) is 31.9 Å². The summed E-state index contributed by atoms with van der Waals surface area (Å²) in [7, 11) is 2.61. The maximum Gasteiger partial charge on any atom is 0.338 e. The number of halogens is 1. The first-order valence-electron chi connectivity index (χ1n) is 5.13. The number of nitrogens with zero attached hydrogens (tertiary/aromatic N) is 1. The van der Waals surface area contributed by atoms with Crippen molar-refractivity contribution in [2.45, 2.75) is 5.33 Å². The molecule has 0 N–H and O–H groups in total. The Morgan fingerprint density at radius 1 is 1.42 bits per heavy atom. The summed E-state index contributed by atoms with van der Waals surface area (Å²) in [5.41, 5.74) is 0.0399. The number of nitro groups is 1. The number of rotatable bonds is 6. The first kappa shape index (κ1) is 15.4. The number of hydrogen-bond acceptors (Lipinski definition) is 6. The summed E-state index contributed by atoms with van der Waals surface area (Å²) in [6.07, 6.45) is 0. The predicted octanol–water partition coefficient (Wildman–Crippen LogP) is 2.26. The first-order valence-corrected chi connectivity index (χ1v) is 6.25. The van der Waals surface area contributed by atoms with Gasteiger partial charge in [0, 0.05) is 12.4 Å². The van der Waals surface area contributed by atoms with Crippen LogP contribution in [0.15, 0.2) is 12.1 Å². The van der Waals surface area contributed by atoms with E-state index >= 15 is 0 Å². The van der Waals surface area contributed by atoms with Crippen LogP contribution < -0.4 is 4.74 Å². The molecule has 8 heteroatoms. The number of alkyl halides is 1. The van der Waals surface area contributed by atoms with Gasteiger partial charge < -0.3 is 14.2 Å². The quantitative estimate of drug-likeness (QED) is 0.261. The maximum atomic E-state index is 11.6. The van der Waals surface area contributed by atoms with Crippen molar-refractivity contribution in [2.24, 2.45) is 0 Å². The zero-order valence-corrected chi connectivity index (χ0v) is 11.9. The monoisotopic (exact) mass is 333 g/mol. The van der Waals surface area contributed by atoms with E-state index in [0.717, 1.165) is 0 Å². The SMILES string of the molecule is COCOc1ccc(C(=O)OC)c(CBr)c1[N+](=O)[O-]. The Morgan fingerprint density at radius 2 is 2.11 bits per heavy atom. The minimum atomic E-state index is -0.643. The molecule has 0 atom stereocenters. The zero-order valence-electron chi connectivity index (χ0n) is 10.3. The van der Waals surface area contributed by atoms with E-state index in [9.17, 15) is 14.9 Å². The third kappa shape index (κ3) is 3.42. The first-order chi connectivity index (χ1) is 9.06. The Hall–Kier alpha value is -1.67. The second-order valence-corrected chi connectivity index (χ2v) is 3.93. The molecule has 0 aliphatic carbocycles. The van der Waals surface area contributed by atoms with Crippen molar-refractivity contribution in [1.82, 2.24) is 0 Å². The van der Waals surface area contributed by atoms with Gasteiger partial charge >= 0.3 is 11.7 Å². The van der Waals surface area contributed by atoms with Crippen molar-refractivity contribution in [1.29, 1.82) is 0 Å². The van der Waals surface area contributed by atoms with Gasteiger partial charge in [-0.05, 0) is 12.1 Å². The summed E-state index contributed by atoms with van der Waals surface area (Å²) in [4.78, 5) is 22.1. The fourth-order valence-electron chi connectivity index (χ4n) is 1.49. The Balaban J connectivity index is 3.38. The van der Waals surface area contributed by atoms with Gasteiger partial charge in [-0.3, -0.25) is 10.1 Å². The minimum Gasteiger partial charge on any atom is -0.465 e. The lowest BCUT2D eigenvalue weighted by Crippen LogP contribution is -2.10. The molecule has 0 spiro atoms. The van der Waals surface area contributed by atoms with Crippen LogP contribution in [-0.2, 0) is 14.8 Å². The van der Waals surface area contributed by atoms with Crippen LogP contribution in [0.25, 0.3) is 0 Å². The predicted molar refractivity (Wildman–Crippen MR) is 69.6 cm³/mol. The summed E-state index contributed by atoms with van der Waals surface area (Å²) in [6, 6.07) is 2.76. The Labute approximate surface area is 117 Å². The van der Waals surface area contributed by atoms with Gasteiger partial charge in [-0.15, -0.1) is 0 Å². The van der Waals surface area contributed by atoms with E-state index in [2.05, 4.69) is 20.7 Å². The molecule has 7 nitrogen and oxygen atoms in total. The van der Waals surface area contributed by atoms with Gasteiger partial charge in [-0.1, -0.05) is 15.9 Å². The Bertz CT molecular complexity index is 490. The lowest BCUT2D eigenvalue weighted by Gasteiger charge is -2.10. The topological polar surface area (TPSA) is 87.9 Å². The average molecular weight is 334 g/mol. The average Bonchev–Trinajstić information content (AvgIpc) is 2.42. The van der Waals surface area contributed by atoms with E-state index in [1.165, 1.54) is 26.4 Å². The van der Waals surface area contributed by atoms with Crippen LogP contribution in [0.3, 0.4) is 0 Å². The summed E-state index contributed by atoms with van der Waals surface area (Å²) >= 11 is 3.13. The number of ether oxygens (including phenoxy) is 3. The zero-order chi connectivity index (χ0) is 14.4. The van der Waals surface area contributed by atoms with Crippen molar-refractivity contribution in [3.63, 3.8) is 0 Å². The third-order valence-corrected chi connectivity index (χ3v) is 2.86. The van der Waals surface area contributed by atoms with Gasteiger partial charge in [0.15, 0.2) is 12.5 Å². The molecule has 1 aromatic carbocycles. The highest BCUT2D eigenvalue weighted by atomic mass is 79.9. The fourth-order valence-corrected chi connectivity index (χ4v) is 2.06. The molecule has 0 heterocycles. The van der Waals surface area contributed by atoms with E-state index in [1.807, 2.05) is 0 Å². The van der Waals surface area contributed by atoms with E-state index in [-0.39, 0.29) is 34.7 Å². The van der Waals surface area contributed by atoms with Crippen LogP contribution in [0.2, 0.25) is 0 Å². The molecular weight excluding hydrogens is 322 g/mol. The lowest BCUT2D eigenvalue weighted by atomic mass is 10.1. The van der Waals surface area contributed by atoms with Crippen LogP contribution >= 0.6 is 15.9 Å². The third-order valence-electron chi connectivity index (χ3n) is 2.30. The molecule has 0 unspecified atom stereocenters. The van der Waals surface area contributed by atoms with Gasteiger partial charge in [0.2, 0.25) is 0 Å². The molecule has 19 heavy (non-hydrogen) atoms. The second-order valence-electron chi connectivity index (χ2n) is 3.37. The normalized spacial score (nSPS) is 10.1. The number of benzene rings is 1. The van der Waals surface area contributed by atoms with Crippen molar-refractivity contribution >= 4 is 27.6 Å². The number of nitro benzene ring substituents is 1. The van der Waals surface area contributed by atoms with Crippen molar-refractivity contribution in [3.05, 3.63) is 33.4 Å². The van der Waals surface area contributed by atoms with Crippen LogP contribution in [0, 0.1) is 10.1 Å². The van der Waals surface area contributed by atoms with Gasteiger partial charge in [0.05, 0.1) is 23.2 Å². The van der Waals surface area contributed by atoms with Crippen LogP contribution in [0.1, 0.15) is 15.9 Å². The van der Waals surface area contributed by atoms with Gasteiger partial charge in [0.25, 0.3) is 0 Å². The molecule has 0 aromatic heterocycles. The Morgan fingerprint density at radius 3 is 2.58 bits per heavy atom. The number of methoxy groups -OCH3 is 2. The molecule has 0 aliphatic rings. The number of hydrogen-bond donors (Lipinski definition) is 0. The molecule has 0 amide bonds. The minimum absolute atomic E-state index is 0.0361. The standard InChI is InChI=1S/C11H12BrNO6/c1-17-6-19-9-4-3-7(11(14)18-2)8(5-12)10(9)13(15)16/h3-4H,5-6H2,1-2H3. The summed E-state index contributed by atoms with van der Waals surface area (Å²) in [5, 5.41) is 11.3. The van der Waals surface area contributed by atoms with E-state index in [4.69, 9.17) is 9.47 Å². The van der Waals surface area contributed by atoms with Gasteiger partial charge in [-0.2, -0.15) is 0 Å². The highest BCUT2D eigenvalue weighted by Crippen LogP contribution is 2.35. The molecule has 104 valence electrons. The second kappa shape index (κ2) is 7.05. The largest absolute Gasteiger partial charge is 0.465 e. The highest BCUT2D eigenvalue weighted by Gasteiger charge is 2.26. The van der Waals surface area contributed by atoms with Crippen LogP contribution in [0.5, 0.6) is 5.75 Å². The molecule has 0 aliphatic heterocycles. The Kier molecular flexibility index (Phi) is 5.71. The molecule has 0 saturated carbocycles. The molecule has 0 fully saturated rings. The molecule has 0 radical (unpaired) electrons. The lowest BCUT2D eigenvalue weighted by molar-refractivity contribution is -0.386. The fraction of sp³-hybridized carbons (Fsp3) is 0.364. The van der Waals surface area contributed by atoms with Crippen molar-refractivity contribution in [3.8, 4) is 5.75 Å².